The number of carbonyl (C=O) groups excluding carboxylic acids is 3. The minimum atomic E-state index is -0.951. The van der Waals surface area contributed by atoms with Crippen LogP contribution in [0, 0.1) is 10.1 Å². The van der Waals surface area contributed by atoms with Crippen molar-refractivity contribution < 1.29 is 43.0 Å². The molecule has 37 heavy (non-hydrogen) atoms. The number of hydrogen-bond donors (Lipinski definition) is 0. The summed E-state index contributed by atoms with van der Waals surface area (Å²) in [5, 5.41) is 10.9. The second kappa shape index (κ2) is 12.1. The van der Waals surface area contributed by atoms with Crippen molar-refractivity contribution in [2.24, 2.45) is 0 Å². The fourth-order valence-electron chi connectivity index (χ4n) is 3.87. The van der Waals surface area contributed by atoms with Crippen LogP contribution in [-0.4, -0.2) is 54.4 Å². The van der Waals surface area contributed by atoms with Crippen molar-refractivity contribution in [3.8, 4) is 5.75 Å². The van der Waals surface area contributed by atoms with Gasteiger partial charge >= 0.3 is 17.9 Å². The predicted molar refractivity (Wildman–Crippen MR) is 130 cm³/mol. The normalized spacial score (nSPS) is 20.9. The van der Waals surface area contributed by atoms with Gasteiger partial charge in [0, 0.05) is 31.5 Å². The van der Waals surface area contributed by atoms with Gasteiger partial charge in [-0.1, -0.05) is 24.3 Å². The minimum Gasteiger partial charge on any atom is -0.496 e. The van der Waals surface area contributed by atoms with Crippen molar-refractivity contribution >= 4 is 29.7 Å². The number of non-ortho nitro benzene ring substituents is 1. The van der Waals surface area contributed by atoms with Crippen molar-refractivity contribution in [2.75, 3.05) is 7.11 Å². The van der Waals surface area contributed by atoms with Gasteiger partial charge < -0.3 is 23.7 Å². The third-order valence-electron chi connectivity index (χ3n) is 5.62. The summed E-state index contributed by atoms with van der Waals surface area (Å²) in [5.74, 6) is -1.25. The van der Waals surface area contributed by atoms with E-state index in [0.29, 0.717) is 16.9 Å². The van der Waals surface area contributed by atoms with E-state index in [9.17, 15) is 24.5 Å². The molecule has 2 aromatic rings. The molecule has 0 radical (unpaired) electrons. The molecule has 0 saturated carbocycles. The minimum absolute atomic E-state index is 0.0101. The van der Waals surface area contributed by atoms with Crippen molar-refractivity contribution in [1.29, 1.82) is 0 Å². The molecule has 0 aromatic heterocycles. The van der Waals surface area contributed by atoms with Crippen LogP contribution in [0.4, 0.5) is 5.69 Å². The second-order valence-corrected chi connectivity index (χ2v) is 8.22. The lowest BCUT2D eigenvalue weighted by atomic mass is 10.0. The molecule has 3 rings (SSSR count). The smallest absolute Gasteiger partial charge is 0.338 e. The summed E-state index contributed by atoms with van der Waals surface area (Å²) in [6.45, 7) is 4.21. The molecule has 11 nitrogen and oxygen atoms in total. The van der Waals surface area contributed by atoms with Crippen LogP contribution in [0.3, 0.4) is 0 Å². The van der Waals surface area contributed by atoms with Gasteiger partial charge in [-0.15, -0.1) is 0 Å². The van der Waals surface area contributed by atoms with Crippen LogP contribution >= 0.6 is 0 Å². The van der Waals surface area contributed by atoms with Gasteiger partial charge in [-0.25, -0.2) is 4.79 Å². The highest BCUT2D eigenvalue weighted by molar-refractivity contribution is 5.89. The quantitative estimate of drug-likeness (QED) is 0.211. The zero-order chi connectivity index (χ0) is 27.1. The van der Waals surface area contributed by atoms with Crippen molar-refractivity contribution in [1.82, 2.24) is 0 Å². The summed E-state index contributed by atoms with van der Waals surface area (Å²) >= 11 is 0. The Labute approximate surface area is 213 Å². The first-order chi connectivity index (χ1) is 17.6. The maximum Gasteiger partial charge on any atom is 0.338 e. The Kier molecular flexibility index (Phi) is 8.96. The topological polar surface area (TPSA) is 141 Å². The van der Waals surface area contributed by atoms with E-state index in [1.165, 1.54) is 45.2 Å². The summed E-state index contributed by atoms with van der Waals surface area (Å²) in [5.41, 5.74) is 1.25. The Balaban J connectivity index is 1.83. The first-order valence-electron chi connectivity index (χ1n) is 11.4. The summed E-state index contributed by atoms with van der Waals surface area (Å²) in [4.78, 5) is 46.2. The van der Waals surface area contributed by atoms with E-state index in [2.05, 4.69) is 0 Å². The third-order valence-corrected chi connectivity index (χ3v) is 5.62. The lowest BCUT2D eigenvalue weighted by Gasteiger charge is -2.22. The summed E-state index contributed by atoms with van der Waals surface area (Å²) in [7, 11) is 1.50. The van der Waals surface area contributed by atoms with E-state index in [-0.39, 0.29) is 17.9 Å². The van der Waals surface area contributed by atoms with Crippen molar-refractivity contribution in [3.63, 3.8) is 0 Å². The zero-order valence-corrected chi connectivity index (χ0v) is 20.7. The van der Waals surface area contributed by atoms with Crippen LogP contribution < -0.4 is 4.74 Å². The Morgan fingerprint density at radius 1 is 1.03 bits per heavy atom. The monoisotopic (exact) mass is 513 g/mol. The average Bonchev–Trinajstić information content (AvgIpc) is 3.14. The summed E-state index contributed by atoms with van der Waals surface area (Å²) in [6, 6.07) is 10.3. The van der Waals surface area contributed by atoms with E-state index in [0.717, 1.165) is 0 Å². The molecule has 1 heterocycles. The van der Waals surface area contributed by atoms with E-state index >= 15 is 0 Å². The van der Waals surface area contributed by atoms with E-state index in [4.69, 9.17) is 23.7 Å². The number of benzene rings is 2. The van der Waals surface area contributed by atoms with Crippen LogP contribution in [0.15, 0.2) is 48.5 Å². The SMILES string of the molecule is COc1cccc(/C=C/[C@H]2O[C@@H](C)[C@H](OC(=O)c3ccc([N+](=O)[O-])cc3)[C@@H]2OC(C)=O)c1COC(C)=O. The molecule has 0 N–H and O–H groups in total. The zero-order valence-electron chi connectivity index (χ0n) is 20.7. The van der Waals surface area contributed by atoms with Gasteiger partial charge in [0.05, 0.1) is 23.7 Å². The molecule has 196 valence electrons. The largest absolute Gasteiger partial charge is 0.496 e. The third kappa shape index (κ3) is 6.91. The maximum absolute atomic E-state index is 12.7. The molecule has 0 unspecified atom stereocenters. The number of rotatable bonds is 9. The lowest BCUT2D eigenvalue weighted by Crippen LogP contribution is -2.39. The van der Waals surface area contributed by atoms with Gasteiger partial charge in [-0.3, -0.25) is 19.7 Å². The van der Waals surface area contributed by atoms with Crippen LogP contribution in [0.5, 0.6) is 5.75 Å². The molecule has 2 aromatic carbocycles. The highest BCUT2D eigenvalue weighted by atomic mass is 16.6. The van der Waals surface area contributed by atoms with Gasteiger partial charge in [0.15, 0.2) is 12.2 Å². The molecule has 0 bridgehead atoms. The molecule has 0 spiro atoms. The Morgan fingerprint density at radius 3 is 2.32 bits per heavy atom. The number of carbonyl (C=O) groups is 3. The number of nitro benzene ring substituents is 1. The number of ether oxygens (including phenoxy) is 5. The van der Waals surface area contributed by atoms with Crippen LogP contribution in [0.1, 0.15) is 42.3 Å². The Hall–Kier alpha value is -4.25. The van der Waals surface area contributed by atoms with Crippen LogP contribution in [-0.2, 0) is 35.1 Å². The van der Waals surface area contributed by atoms with Crippen molar-refractivity contribution in [2.45, 2.75) is 51.8 Å². The fraction of sp³-hybridized carbons (Fsp3) is 0.346. The summed E-state index contributed by atoms with van der Waals surface area (Å²) in [6.07, 6.45) is 0.0968. The lowest BCUT2D eigenvalue weighted by molar-refractivity contribution is -0.384. The second-order valence-electron chi connectivity index (χ2n) is 8.22. The molecular formula is C26H27NO10. The molecule has 0 amide bonds. The van der Waals surface area contributed by atoms with E-state index < -0.39 is 47.2 Å². The highest BCUT2D eigenvalue weighted by Crippen LogP contribution is 2.30. The number of methoxy groups -OCH3 is 1. The molecule has 1 saturated heterocycles. The van der Waals surface area contributed by atoms with Gasteiger partial charge in [-0.05, 0) is 30.7 Å². The van der Waals surface area contributed by atoms with Gasteiger partial charge in [0.25, 0.3) is 5.69 Å². The molecular weight excluding hydrogens is 486 g/mol. The standard InChI is InChI=1S/C26H27NO10/c1-15-24(37-26(30)19-8-11-20(12-9-19)27(31)32)25(36-17(3)29)23(35-15)13-10-18-6-5-7-22(33-4)21(18)14-34-16(2)28/h5-13,15,23-25H,14H2,1-4H3/b13-10+/t15-,23+,24-,25+/m0/s1. The highest BCUT2D eigenvalue weighted by Gasteiger charge is 2.46. The van der Waals surface area contributed by atoms with Gasteiger partial charge in [0.1, 0.15) is 18.5 Å². The molecule has 4 atom stereocenters. The van der Waals surface area contributed by atoms with Gasteiger partial charge in [-0.2, -0.15) is 0 Å². The Morgan fingerprint density at radius 2 is 1.73 bits per heavy atom. The van der Waals surface area contributed by atoms with Gasteiger partial charge in [0.2, 0.25) is 0 Å². The van der Waals surface area contributed by atoms with E-state index in [1.54, 1.807) is 37.3 Å². The molecule has 1 fully saturated rings. The van der Waals surface area contributed by atoms with Crippen LogP contribution in [0.25, 0.3) is 6.08 Å². The molecule has 1 aliphatic heterocycles. The van der Waals surface area contributed by atoms with Crippen molar-refractivity contribution in [3.05, 3.63) is 75.3 Å². The molecule has 0 aliphatic carbocycles. The Bertz CT molecular complexity index is 1190. The number of hydrogen-bond acceptors (Lipinski definition) is 10. The first-order valence-corrected chi connectivity index (χ1v) is 11.4. The maximum atomic E-state index is 12.7. The molecule has 11 heteroatoms. The van der Waals surface area contributed by atoms with Crippen LogP contribution in [0.2, 0.25) is 0 Å². The number of nitrogens with zero attached hydrogens (tertiary/aromatic N) is 1. The number of esters is 3. The summed E-state index contributed by atoms with van der Waals surface area (Å²) < 4.78 is 27.5. The first kappa shape index (κ1) is 27.3. The fourth-order valence-corrected chi connectivity index (χ4v) is 3.87. The average molecular weight is 513 g/mol. The molecule has 1 aliphatic rings. The van der Waals surface area contributed by atoms with E-state index in [1.807, 2.05) is 0 Å². The number of nitro groups is 1. The predicted octanol–water partition coefficient (Wildman–Crippen LogP) is 3.62.